The zero-order valence-electron chi connectivity index (χ0n) is 11.7. The third kappa shape index (κ3) is 3.06. The summed E-state index contributed by atoms with van der Waals surface area (Å²) in [6.07, 6.45) is 1.85. The van der Waals surface area contributed by atoms with Gasteiger partial charge in [0.2, 0.25) is 10.0 Å². The van der Waals surface area contributed by atoms with Gasteiger partial charge in [-0.2, -0.15) is 0 Å². The first-order valence-electron chi connectivity index (χ1n) is 6.57. The molecular formula is C14H18N2O4S. The van der Waals surface area contributed by atoms with Crippen molar-refractivity contribution in [2.45, 2.75) is 23.8 Å². The van der Waals surface area contributed by atoms with Crippen LogP contribution in [-0.4, -0.2) is 42.4 Å². The van der Waals surface area contributed by atoms with Crippen LogP contribution in [0.15, 0.2) is 41.4 Å². The number of aliphatic hydroxyl groups is 2. The van der Waals surface area contributed by atoms with Crippen molar-refractivity contribution in [1.29, 1.82) is 0 Å². The van der Waals surface area contributed by atoms with E-state index in [0.29, 0.717) is 10.9 Å². The molecule has 0 fully saturated rings. The second-order valence-corrected chi connectivity index (χ2v) is 6.53. The quantitative estimate of drug-likeness (QED) is 0.727. The minimum atomic E-state index is -3.89. The van der Waals surface area contributed by atoms with E-state index in [4.69, 9.17) is 0 Å². The Balaban J connectivity index is 2.52. The van der Waals surface area contributed by atoms with E-state index in [1.54, 1.807) is 37.4 Å². The van der Waals surface area contributed by atoms with Gasteiger partial charge in [0, 0.05) is 11.6 Å². The molecule has 0 saturated carbocycles. The van der Waals surface area contributed by atoms with Gasteiger partial charge in [-0.25, -0.2) is 13.1 Å². The van der Waals surface area contributed by atoms with E-state index < -0.39 is 28.8 Å². The highest BCUT2D eigenvalue weighted by Gasteiger charge is 2.33. The molecule has 0 saturated heterocycles. The topological polar surface area (TPSA) is 99.5 Å². The van der Waals surface area contributed by atoms with Crippen LogP contribution in [-0.2, 0) is 10.0 Å². The normalized spacial score (nSPS) is 12.7. The molecule has 21 heavy (non-hydrogen) atoms. The van der Waals surface area contributed by atoms with Gasteiger partial charge in [-0.3, -0.25) is 4.98 Å². The van der Waals surface area contributed by atoms with Gasteiger partial charge in [-0.05, 0) is 30.7 Å². The molecule has 2 rings (SSSR count). The van der Waals surface area contributed by atoms with Crippen molar-refractivity contribution in [3.05, 3.63) is 36.5 Å². The highest BCUT2D eigenvalue weighted by molar-refractivity contribution is 7.89. The maximum Gasteiger partial charge on any atom is 0.241 e. The summed E-state index contributed by atoms with van der Waals surface area (Å²) >= 11 is 0. The Hall–Kier alpha value is -1.54. The molecule has 0 aliphatic carbocycles. The summed E-state index contributed by atoms with van der Waals surface area (Å²) in [4.78, 5) is 4.20. The van der Waals surface area contributed by atoms with Crippen molar-refractivity contribution in [2.75, 3.05) is 13.2 Å². The molecule has 3 N–H and O–H groups in total. The second-order valence-electron chi connectivity index (χ2n) is 4.88. The van der Waals surface area contributed by atoms with Crippen LogP contribution in [0.4, 0.5) is 0 Å². The fraction of sp³-hybridized carbons (Fsp3) is 0.357. The fourth-order valence-electron chi connectivity index (χ4n) is 2.06. The molecule has 1 heterocycles. The lowest BCUT2D eigenvalue weighted by Crippen LogP contribution is -2.53. The third-order valence-electron chi connectivity index (χ3n) is 3.53. The van der Waals surface area contributed by atoms with Crippen LogP contribution >= 0.6 is 0 Å². The maximum atomic E-state index is 12.6. The van der Waals surface area contributed by atoms with Crippen LogP contribution in [0.25, 0.3) is 10.9 Å². The fourth-order valence-corrected chi connectivity index (χ4v) is 3.73. The highest BCUT2D eigenvalue weighted by atomic mass is 32.2. The molecule has 0 atom stereocenters. The Morgan fingerprint density at radius 2 is 1.90 bits per heavy atom. The van der Waals surface area contributed by atoms with Gasteiger partial charge in [0.1, 0.15) is 0 Å². The molecule has 114 valence electrons. The number of hydrogen-bond acceptors (Lipinski definition) is 5. The monoisotopic (exact) mass is 310 g/mol. The number of benzene rings is 1. The number of rotatable bonds is 6. The van der Waals surface area contributed by atoms with Crippen LogP contribution in [0.1, 0.15) is 13.3 Å². The molecule has 7 heteroatoms. The largest absolute Gasteiger partial charge is 0.394 e. The highest BCUT2D eigenvalue weighted by Crippen LogP contribution is 2.23. The van der Waals surface area contributed by atoms with Gasteiger partial charge in [0.25, 0.3) is 0 Å². The Morgan fingerprint density at radius 3 is 2.52 bits per heavy atom. The number of sulfonamides is 1. The second kappa shape index (κ2) is 6.07. The minimum absolute atomic E-state index is 0.0767. The number of nitrogens with one attached hydrogen (secondary N) is 1. The van der Waals surface area contributed by atoms with Crippen molar-refractivity contribution < 1.29 is 18.6 Å². The van der Waals surface area contributed by atoms with Crippen molar-refractivity contribution >= 4 is 20.9 Å². The summed E-state index contributed by atoms with van der Waals surface area (Å²) in [5.41, 5.74) is -0.709. The number of nitrogens with zero attached hydrogens (tertiary/aromatic N) is 1. The third-order valence-corrected chi connectivity index (χ3v) is 5.16. The standard InChI is InChI=1S/C14H18N2O4S/c1-2-14(9-17,10-18)16-21(19,20)13-7-3-6-12-11(13)5-4-8-15-12/h3-8,16-18H,2,9-10H2,1H3. The Morgan fingerprint density at radius 1 is 1.19 bits per heavy atom. The summed E-state index contributed by atoms with van der Waals surface area (Å²) in [6.45, 7) is 0.726. The summed E-state index contributed by atoms with van der Waals surface area (Å²) < 4.78 is 27.6. The molecule has 6 nitrogen and oxygen atoms in total. The Kier molecular flexibility index (Phi) is 4.58. The van der Waals surface area contributed by atoms with E-state index in [9.17, 15) is 18.6 Å². The average molecular weight is 310 g/mol. The first-order chi connectivity index (χ1) is 9.98. The minimum Gasteiger partial charge on any atom is -0.394 e. The molecular weight excluding hydrogens is 292 g/mol. The first kappa shape index (κ1) is 15.8. The van der Waals surface area contributed by atoms with Gasteiger partial charge in [-0.1, -0.05) is 13.0 Å². The molecule has 0 radical (unpaired) electrons. The summed E-state index contributed by atoms with van der Waals surface area (Å²) in [6, 6.07) is 8.13. The van der Waals surface area contributed by atoms with Crippen LogP contribution in [0.2, 0.25) is 0 Å². The van der Waals surface area contributed by atoms with Crippen molar-refractivity contribution in [1.82, 2.24) is 9.71 Å². The molecule has 0 spiro atoms. The number of pyridine rings is 1. The maximum absolute atomic E-state index is 12.6. The molecule has 0 aliphatic heterocycles. The molecule has 0 unspecified atom stereocenters. The van der Waals surface area contributed by atoms with Crippen molar-refractivity contribution in [2.24, 2.45) is 0 Å². The van der Waals surface area contributed by atoms with E-state index in [2.05, 4.69) is 9.71 Å². The lowest BCUT2D eigenvalue weighted by Gasteiger charge is -2.29. The zero-order chi connectivity index (χ0) is 15.5. The predicted molar refractivity (Wildman–Crippen MR) is 79.3 cm³/mol. The summed E-state index contributed by atoms with van der Waals surface area (Å²) in [7, 11) is -3.89. The lowest BCUT2D eigenvalue weighted by atomic mass is 10.0. The van der Waals surface area contributed by atoms with Crippen molar-refractivity contribution in [3.8, 4) is 0 Å². The smallest absolute Gasteiger partial charge is 0.241 e. The van der Waals surface area contributed by atoms with Gasteiger partial charge in [0.15, 0.2) is 0 Å². The van der Waals surface area contributed by atoms with E-state index in [1.165, 1.54) is 6.07 Å². The molecule has 2 aromatic rings. The van der Waals surface area contributed by atoms with Gasteiger partial charge in [-0.15, -0.1) is 0 Å². The van der Waals surface area contributed by atoms with Crippen LogP contribution < -0.4 is 4.72 Å². The number of hydrogen-bond donors (Lipinski definition) is 3. The van der Waals surface area contributed by atoms with Gasteiger partial charge < -0.3 is 10.2 Å². The zero-order valence-corrected chi connectivity index (χ0v) is 12.5. The molecule has 0 amide bonds. The molecule has 0 aliphatic rings. The Labute approximate surface area is 123 Å². The van der Waals surface area contributed by atoms with E-state index in [0.717, 1.165) is 0 Å². The van der Waals surface area contributed by atoms with E-state index in [-0.39, 0.29) is 11.3 Å². The molecule has 0 bridgehead atoms. The summed E-state index contributed by atoms with van der Waals surface area (Å²) in [5.74, 6) is 0. The van der Waals surface area contributed by atoms with Gasteiger partial charge >= 0.3 is 0 Å². The predicted octanol–water partition coefficient (Wildman–Crippen LogP) is 0.646. The lowest BCUT2D eigenvalue weighted by molar-refractivity contribution is 0.105. The Bertz CT molecular complexity index is 713. The number of aromatic nitrogens is 1. The van der Waals surface area contributed by atoms with E-state index in [1.807, 2.05) is 0 Å². The molecule has 1 aromatic carbocycles. The van der Waals surface area contributed by atoms with E-state index >= 15 is 0 Å². The SMILES string of the molecule is CCC(CO)(CO)NS(=O)(=O)c1cccc2ncccc12. The molecule has 1 aromatic heterocycles. The van der Waals surface area contributed by atoms with Gasteiger partial charge in [0.05, 0.1) is 29.2 Å². The summed E-state index contributed by atoms with van der Waals surface area (Å²) in [5, 5.41) is 19.3. The van der Waals surface area contributed by atoms with Crippen LogP contribution in [0.5, 0.6) is 0 Å². The first-order valence-corrected chi connectivity index (χ1v) is 8.06. The average Bonchev–Trinajstić information content (AvgIpc) is 2.52. The van der Waals surface area contributed by atoms with Crippen molar-refractivity contribution in [3.63, 3.8) is 0 Å². The number of aliphatic hydroxyl groups excluding tert-OH is 2. The number of fused-ring (bicyclic) bond motifs is 1. The van der Waals surface area contributed by atoms with Crippen LogP contribution in [0.3, 0.4) is 0 Å². The van der Waals surface area contributed by atoms with Crippen LogP contribution in [0, 0.1) is 0 Å².